The Balaban J connectivity index is 1.43. The monoisotopic (exact) mass is 465 g/mol. The molecule has 0 radical (unpaired) electrons. The van der Waals surface area contributed by atoms with Gasteiger partial charge >= 0.3 is 0 Å². The summed E-state index contributed by atoms with van der Waals surface area (Å²) >= 11 is 0. The van der Waals surface area contributed by atoms with E-state index < -0.39 is 15.8 Å². The first-order chi connectivity index (χ1) is 15.9. The van der Waals surface area contributed by atoms with E-state index in [2.05, 4.69) is 15.0 Å². The Bertz CT molecular complexity index is 1420. The Kier molecular flexibility index (Phi) is 6.23. The maximum absolute atomic E-state index is 13.5. The first-order valence-electron chi connectivity index (χ1n) is 9.94. The van der Waals surface area contributed by atoms with E-state index in [0.717, 1.165) is 17.0 Å². The molecule has 4 rings (SSSR count). The SMILES string of the molecule is COc1ccc(F)cc1NS(=O)(=O)c1ccc(CNC(=O)c2ccc3ncccc3c2)cc1. The van der Waals surface area contributed by atoms with E-state index in [9.17, 15) is 17.6 Å². The molecule has 0 saturated carbocycles. The van der Waals surface area contributed by atoms with Gasteiger partial charge < -0.3 is 10.1 Å². The fourth-order valence-corrected chi connectivity index (χ4v) is 4.31. The Morgan fingerprint density at radius 2 is 1.82 bits per heavy atom. The van der Waals surface area contributed by atoms with Gasteiger partial charge in [-0.2, -0.15) is 0 Å². The van der Waals surface area contributed by atoms with Crippen molar-refractivity contribution in [3.05, 3.63) is 95.9 Å². The summed E-state index contributed by atoms with van der Waals surface area (Å²) < 4.78 is 46.3. The van der Waals surface area contributed by atoms with Crippen LogP contribution in [-0.2, 0) is 16.6 Å². The Labute approximate surface area is 190 Å². The Morgan fingerprint density at radius 3 is 2.58 bits per heavy atom. The number of fused-ring (bicyclic) bond motifs is 1. The third kappa shape index (κ3) is 5.09. The van der Waals surface area contributed by atoms with E-state index >= 15 is 0 Å². The number of carbonyl (C=O) groups is 1. The van der Waals surface area contributed by atoms with Crippen LogP contribution in [0.15, 0.2) is 83.9 Å². The first-order valence-corrected chi connectivity index (χ1v) is 11.4. The normalized spacial score (nSPS) is 11.2. The summed E-state index contributed by atoms with van der Waals surface area (Å²) in [5.74, 6) is -0.650. The van der Waals surface area contributed by atoms with Gasteiger partial charge in [-0.05, 0) is 54.1 Å². The molecular formula is C24H20FN3O4S. The summed E-state index contributed by atoms with van der Waals surface area (Å²) in [6.45, 7) is 0.218. The van der Waals surface area contributed by atoms with Crippen molar-refractivity contribution in [1.29, 1.82) is 0 Å². The third-order valence-corrected chi connectivity index (χ3v) is 6.34. The number of hydrogen-bond acceptors (Lipinski definition) is 5. The molecule has 2 N–H and O–H groups in total. The van der Waals surface area contributed by atoms with Crippen molar-refractivity contribution in [2.45, 2.75) is 11.4 Å². The van der Waals surface area contributed by atoms with Gasteiger partial charge in [0, 0.05) is 29.8 Å². The molecule has 0 aliphatic carbocycles. The molecule has 0 aliphatic rings. The lowest BCUT2D eigenvalue weighted by molar-refractivity contribution is 0.0951. The number of halogens is 1. The molecule has 0 saturated heterocycles. The summed E-state index contributed by atoms with van der Waals surface area (Å²) in [5, 5.41) is 3.68. The summed E-state index contributed by atoms with van der Waals surface area (Å²) in [6, 6.07) is 18.5. The van der Waals surface area contributed by atoms with Crippen LogP contribution in [-0.4, -0.2) is 26.4 Å². The van der Waals surface area contributed by atoms with Gasteiger partial charge in [0.05, 0.1) is 23.2 Å². The Hall–Kier alpha value is -3.98. The number of benzene rings is 3. The van der Waals surface area contributed by atoms with Gasteiger partial charge in [-0.15, -0.1) is 0 Å². The number of hydrogen-bond donors (Lipinski definition) is 2. The van der Waals surface area contributed by atoms with Crippen LogP contribution >= 0.6 is 0 Å². The highest BCUT2D eigenvalue weighted by molar-refractivity contribution is 7.92. The number of ether oxygens (including phenoxy) is 1. The number of nitrogens with one attached hydrogen (secondary N) is 2. The fourth-order valence-electron chi connectivity index (χ4n) is 3.25. The lowest BCUT2D eigenvalue weighted by Crippen LogP contribution is -2.22. The number of sulfonamides is 1. The van der Waals surface area contributed by atoms with Crippen molar-refractivity contribution in [2.24, 2.45) is 0 Å². The zero-order valence-corrected chi connectivity index (χ0v) is 18.4. The summed E-state index contributed by atoms with van der Waals surface area (Å²) in [4.78, 5) is 16.7. The van der Waals surface area contributed by atoms with E-state index in [1.165, 1.54) is 31.4 Å². The van der Waals surface area contributed by atoms with E-state index in [1.54, 1.807) is 42.6 Å². The Morgan fingerprint density at radius 1 is 1.03 bits per heavy atom. The van der Waals surface area contributed by atoms with Crippen molar-refractivity contribution >= 4 is 32.5 Å². The van der Waals surface area contributed by atoms with Crippen LogP contribution in [0.5, 0.6) is 5.75 Å². The smallest absolute Gasteiger partial charge is 0.262 e. The van der Waals surface area contributed by atoms with E-state index in [0.29, 0.717) is 11.1 Å². The molecule has 0 atom stereocenters. The highest BCUT2D eigenvalue weighted by atomic mass is 32.2. The van der Waals surface area contributed by atoms with Gasteiger partial charge in [0.2, 0.25) is 0 Å². The molecular weight excluding hydrogens is 445 g/mol. The van der Waals surface area contributed by atoms with Crippen molar-refractivity contribution in [2.75, 3.05) is 11.8 Å². The number of amides is 1. The minimum atomic E-state index is -3.96. The van der Waals surface area contributed by atoms with Gasteiger partial charge in [-0.1, -0.05) is 18.2 Å². The number of anilines is 1. The number of methoxy groups -OCH3 is 1. The van der Waals surface area contributed by atoms with E-state index in [-0.39, 0.29) is 28.8 Å². The number of carbonyl (C=O) groups excluding carboxylic acids is 1. The number of nitrogens with zero attached hydrogens (tertiary/aromatic N) is 1. The summed E-state index contributed by atoms with van der Waals surface area (Å²) in [6.07, 6.45) is 1.69. The highest BCUT2D eigenvalue weighted by Crippen LogP contribution is 2.27. The quantitative estimate of drug-likeness (QED) is 0.428. The van der Waals surface area contributed by atoms with E-state index in [1.807, 2.05) is 6.07 Å². The zero-order valence-electron chi connectivity index (χ0n) is 17.6. The second kappa shape index (κ2) is 9.25. The van der Waals surface area contributed by atoms with Gasteiger partial charge in [-0.25, -0.2) is 12.8 Å². The number of aromatic nitrogens is 1. The van der Waals surface area contributed by atoms with Crippen molar-refractivity contribution in [3.8, 4) is 5.75 Å². The molecule has 1 heterocycles. The predicted molar refractivity (Wildman–Crippen MR) is 123 cm³/mol. The minimum Gasteiger partial charge on any atom is -0.495 e. The molecule has 9 heteroatoms. The zero-order chi connectivity index (χ0) is 23.4. The van der Waals surface area contributed by atoms with Crippen molar-refractivity contribution in [3.63, 3.8) is 0 Å². The second-order valence-electron chi connectivity index (χ2n) is 7.19. The molecule has 168 valence electrons. The molecule has 0 bridgehead atoms. The molecule has 7 nitrogen and oxygen atoms in total. The molecule has 1 aromatic heterocycles. The van der Waals surface area contributed by atoms with Crippen molar-refractivity contribution < 1.29 is 22.3 Å². The van der Waals surface area contributed by atoms with Gasteiger partial charge in [0.25, 0.3) is 15.9 Å². The van der Waals surface area contributed by atoms with Gasteiger partial charge in [-0.3, -0.25) is 14.5 Å². The van der Waals surface area contributed by atoms with Gasteiger partial charge in [0.15, 0.2) is 0 Å². The molecule has 4 aromatic rings. The molecule has 1 amide bonds. The van der Waals surface area contributed by atoms with Crippen LogP contribution in [0.1, 0.15) is 15.9 Å². The lowest BCUT2D eigenvalue weighted by atomic mass is 10.1. The van der Waals surface area contributed by atoms with Gasteiger partial charge in [0.1, 0.15) is 11.6 Å². The standard InChI is InChI=1S/C24H20FN3O4S/c1-32-23-11-7-19(25)14-22(23)28-33(30,31)20-8-4-16(5-9-20)15-27-24(29)18-6-10-21-17(13-18)3-2-12-26-21/h2-14,28H,15H2,1H3,(H,27,29). The predicted octanol–water partition coefficient (Wildman–Crippen LogP) is 4.11. The highest BCUT2D eigenvalue weighted by Gasteiger charge is 2.17. The average molecular weight is 466 g/mol. The van der Waals surface area contributed by atoms with Crippen LogP contribution in [0, 0.1) is 5.82 Å². The maximum atomic E-state index is 13.5. The van der Waals surface area contributed by atoms with Crippen LogP contribution in [0.3, 0.4) is 0 Å². The maximum Gasteiger partial charge on any atom is 0.262 e. The summed E-state index contributed by atoms with van der Waals surface area (Å²) in [5.41, 5.74) is 2.02. The van der Waals surface area contributed by atoms with Crippen LogP contribution in [0.4, 0.5) is 10.1 Å². The molecule has 0 aliphatic heterocycles. The molecule has 3 aromatic carbocycles. The molecule has 0 fully saturated rings. The average Bonchev–Trinajstić information content (AvgIpc) is 2.82. The minimum absolute atomic E-state index is 0.000532. The van der Waals surface area contributed by atoms with E-state index in [4.69, 9.17) is 4.74 Å². The van der Waals surface area contributed by atoms with Crippen molar-refractivity contribution in [1.82, 2.24) is 10.3 Å². The molecule has 0 spiro atoms. The van der Waals surface area contributed by atoms with Crippen LogP contribution in [0.2, 0.25) is 0 Å². The number of pyridine rings is 1. The fraction of sp³-hybridized carbons (Fsp3) is 0.0833. The molecule has 33 heavy (non-hydrogen) atoms. The topological polar surface area (TPSA) is 97.4 Å². The molecule has 0 unspecified atom stereocenters. The number of rotatable bonds is 7. The third-order valence-electron chi connectivity index (χ3n) is 4.96. The van der Waals surface area contributed by atoms with Crippen LogP contribution in [0.25, 0.3) is 10.9 Å². The summed E-state index contributed by atoms with van der Waals surface area (Å²) in [7, 11) is -2.60. The van der Waals surface area contributed by atoms with Crippen LogP contribution < -0.4 is 14.8 Å². The lowest BCUT2D eigenvalue weighted by Gasteiger charge is -2.12. The first kappa shape index (κ1) is 22.2. The largest absolute Gasteiger partial charge is 0.495 e. The second-order valence-corrected chi connectivity index (χ2v) is 8.87.